The van der Waals surface area contributed by atoms with Crippen LogP contribution < -0.4 is 31.1 Å². The van der Waals surface area contributed by atoms with E-state index in [0.29, 0.717) is 42.1 Å². The van der Waals surface area contributed by atoms with Gasteiger partial charge in [0.15, 0.2) is 0 Å². The maximum atomic E-state index is 13.2. The molecule has 0 saturated carbocycles. The monoisotopic (exact) mass is 489 g/mol. The summed E-state index contributed by atoms with van der Waals surface area (Å²) in [5, 5.41) is 9.36. The fourth-order valence-electron chi connectivity index (χ4n) is 4.75. The number of carbonyl (C=O) groups excluding carboxylic acids is 1. The van der Waals surface area contributed by atoms with Crippen LogP contribution in [-0.4, -0.2) is 66.7 Å². The van der Waals surface area contributed by atoms with E-state index in [1.54, 1.807) is 12.3 Å². The van der Waals surface area contributed by atoms with Gasteiger partial charge in [-0.05, 0) is 51.2 Å². The van der Waals surface area contributed by atoms with Gasteiger partial charge in [-0.1, -0.05) is 0 Å². The van der Waals surface area contributed by atoms with Crippen LogP contribution in [0.2, 0.25) is 0 Å². The molecule has 0 aliphatic carbocycles. The SMILES string of the molecule is Cc1c(Nc2cc[nH]c(=O)c2C(=O)Nc2ccc(N3CCN(C)C[C@H]3C)cc2)cnc2c1NCCO2. The van der Waals surface area contributed by atoms with Gasteiger partial charge in [0.2, 0.25) is 5.88 Å². The second-order valence-electron chi connectivity index (χ2n) is 9.28. The summed E-state index contributed by atoms with van der Waals surface area (Å²) in [5.41, 5.74) is 4.00. The minimum Gasteiger partial charge on any atom is -0.474 e. The molecule has 2 aliphatic rings. The van der Waals surface area contributed by atoms with Gasteiger partial charge >= 0.3 is 0 Å². The second kappa shape index (κ2) is 9.90. The topological polar surface area (TPSA) is 115 Å². The smallest absolute Gasteiger partial charge is 0.263 e. The van der Waals surface area contributed by atoms with Gasteiger partial charge in [0.1, 0.15) is 17.9 Å². The molecule has 4 N–H and O–H groups in total. The standard InChI is InChI=1S/C26H31N7O3/c1-16-15-32(3)11-12-33(16)19-6-4-18(5-7-19)30-25(35)22-20(8-9-28-24(22)34)31-21-14-29-26-23(17(21)2)27-10-13-36-26/h4-9,14,16,27H,10-13,15H2,1-3H3,(H,30,35)(H2,28,31,34)/t16-/m1/s1. The highest BCUT2D eigenvalue weighted by Gasteiger charge is 2.23. The van der Waals surface area contributed by atoms with Gasteiger partial charge in [-0.25, -0.2) is 4.98 Å². The van der Waals surface area contributed by atoms with E-state index in [0.717, 1.165) is 36.6 Å². The van der Waals surface area contributed by atoms with Crippen LogP contribution >= 0.6 is 0 Å². The van der Waals surface area contributed by atoms with Crippen LogP contribution in [-0.2, 0) is 0 Å². The van der Waals surface area contributed by atoms with E-state index in [9.17, 15) is 9.59 Å². The van der Waals surface area contributed by atoms with Crippen molar-refractivity contribution >= 4 is 34.3 Å². The van der Waals surface area contributed by atoms with Crippen LogP contribution in [0, 0.1) is 6.92 Å². The first-order valence-electron chi connectivity index (χ1n) is 12.1. The van der Waals surface area contributed by atoms with E-state index in [4.69, 9.17) is 4.74 Å². The highest BCUT2D eigenvalue weighted by Crippen LogP contribution is 2.34. The van der Waals surface area contributed by atoms with Crippen molar-refractivity contribution < 1.29 is 9.53 Å². The molecule has 0 spiro atoms. The third-order valence-corrected chi connectivity index (χ3v) is 6.69. The van der Waals surface area contributed by atoms with Crippen molar-refractivity contribution in [3.05, 3.63) is 64.2 Å². The predicted molar refractivity (Wildman–Crippen MR) is 142 cm³/mol. The van der Waals surface area contributed by atoms with E-state index in [-0.39, 0.29) is 5.56 Å². The number of nitrogens with one attached hydrogen (secondary N) is 4. The fraction of sp³-hybridized carbons (Fsp3) is 0.346. The molecule has 10 nitrogen and oxygen atoms in total. The fourth-order valence-corrected chi connectivity index (χ4v) is 4.75. The third kappa shape index (κ3) is 4.72. The Labute approximate surface area is 209 Å². The number of amides is 1. The number of ether oxygens (including phenoxy) is 1. The van der Waals surface area contributed by atoms with Crippen molar-refractivity contribution in [2.45, 2.75) is 19.9 Å². The Morgan fingerprint density at radius 3 is 2.75 bits per heavy atom. The summed E-state index contributed by atoms with van der Waals surface area (Å²) in [4.78, 5) is 37.5. The lowest BCUT2D eigenvalue weighted by atomic mass is 10.1. The Balaban J connectivity index is 1.35. The summed E-state index contributed by atoms with van der Waals surface area (Å²) in [7, 11) is 2.13. The molecule has 0 bridgehead atoms. The molecule has 3 aromatic rings. The van der Waals surface area contributed by atoms with E-state index >= 15 is 0 Å². The molecule has 188 valence electrons. The molecule has 0 unspecified atom stereocenters. The Bertz CT molecular complexity index is 1320. The quantitative estimate of drug-likeness (QED) is 0.433. The lowest BCUT2D eigenvalue weighted by molar-refractivity contribution is 0.102. The number of fused-ring (bicyclic) bond motifs is 1. The van der Waals surface area contributed by atoms with Crippen LogP contribution in [0.25, 0.3) is 0 Å². The molecule has 1 saturated heterocycles. The van der Waals surface area contributed by atoms with Crippen LogP contribution in [0.15, 0.2) is 47.5 Å². The molecule has 5 rings (SSSR count). The number of pyridine rings is 2. The van der Waals surface area contributed by atoms with Gasteiger partial charge in [-0.15, -0.1) is 0 Å². The Morgan fingerprint density at radius 2 is 1.97 bits per heavy atom. The molecule has 4 heterocycles. The van der Waals surface area contributed by atoms with E-state index in [1.807, 2.05) is 31.2 Å². The van der Waals surface area contributed by atoms with Gasteiger partial charge in [0, 0.05) is 55.4 Å². The molecule has 2 aromatic heterocycles. The highest BCUT2D eigenvalue weighted by molar-refractivity contribution is 6.08. The van der Waals surface area contributed by atoms with Crippen LogP contribution in [0.3, 0.4) is 0 Å². The lowest BCUT2D eigenvalue weighted by Crippen LogP contribution is -2.50. The number of piperazine rings is 1. The number of likely N-dealkylation sites (N-methyl/N-ethyl adjacent to an activating group) is 1. The molecule has 36 heavy (non-hydrogen) atoms. The summed E-state index contributed by atoms with van der Waals surface area (Å²) in [6.45, 7) is 8.36. The van der Waals surface area contributed by atoms with Gasteiger partial charge in [0.05, 0.1) is 17.6 Å². The van der Waals surface area contributed by atoms with E-state index in [2.05, 4.69) is 49.7 Å². The molecular weight excluding hydrogens is 458 g/mol. The number of anilines is 5. The average molecular weight is 490 g/mol. The first-order valence-corrected chi connectivity index (χ1v) is 12.1. The van der Waals surface area contributed by atoms with Crippen LogP contribution in [0.4, 0.5) is 28.4 Å². The third-order valence-electron chi connectivity index (χ3n) is 6.69. The number of hydrogen-bond acceptors (Lipinski definition) is 8. The van der Waals surface area contributed by atoms with Crippen LogP contribution in [0.5, 0.6) is 5.88 Å². The zero-order valence-electron chi connectivity index (χ0n) is 20.7. The molecule has 0 radical (unpaired) electrons. The molecular formula is C26H31N7O3. The van der Waals surface area contributed by atoms with Gasteiger partial charge in [-0.2, -0.15) is 0 Å². The van der Waals surface area contributed by atoms with Gasteiger partial charge in [0.25, 0.3) is 11.5 Å². The molecule has 2 aliphatic heterocycles. The molecule has 1 amide bonds. The summed E-state index contributed by atoms with van der Waals surface area (Å²) in [5.74, 6) is 0.0488. The number of nitrogens with zero attached hydrogens (tertiary/aromatic N) is 3. The maximum absolute atomic E-state index is 13.2. The van der Waals surface area contributed by atoms with E-state index in [1.165, 1.54) is 6.20 Å². The zero-order chi connectivity index (χ0) is 25.2. The molecule has 1 fully saturated rings. The maximum Gasteiger partial charge on any atom is 0.263 e. The number of hydrogen-bond donors (Lipinski definition) is 4. The Hall–Kier alpha value is -4.05. The molecule has 1 atom stereocenters. The zero-order valence-corrected chi connectivity index (χ0v) is 20.7. The number of aromatic nitrogens is 2. The lowest BCUT2D eigenvalue weighted by Gasteiger charge is -2.39. The Kier molecular flexibility index (Phi) is 6.51. The summed E-state index contributed by atoms with van der Waals surface area (Å²) >= 11 is 0. The summed E-state index contributed by atoms with van der Waals surface area (Å²) in [6.07, 6.45) is 3.15. The van der Waals surface area contributed by atoms with Crippen molar-refractivity contribution in [1.29, 1.82) is 0 Å². The van der Waals surface area contributed by atoms with E-state index < -0.39 is 11.5 Å². The number of H-pyrrole nitrogens is 1. The van der Waals surface area contributed by atoms with Crippen LogP contribution in [0.1, 0.15) is 22.8 Å². The second-order valence-corrected chi connectivity index (χ2v) is 9.28. The first kappa shape index (κ1) is 23.7. The number of carbonyl (C=O) groups is 1. The van der Waals surface area contributed by atoms with Crippen molar-refractivity contribution in [2.75, 3.05) is 60.7 Å². The molecule has 10 heteroatoms. The molecule has 1 aromatic carbocycles. The first-order chi connectivity index (χ1) is 17.4. The number of aromatic amines is 1. The predicted octanol–water partition coefficient (Wildman–Crippen LogP) is 3.02. The number of benzene rings is 1. The summed E-state index contributed by atoms with van der Waals surface area (Å²) in [6, 6.07) is 9.81. The minimum absolute atomic E-state index is 0.00408. The minimum atomic E-state index is -0.495. The van der Waals surface area contributed by atoms with Crippen molar-refractivity contribution in [2.24, 2.45) is 0 Å². The average Bonchev–Trinajstić information content (AvgIpc) is 2.86. The number of rotatable bonds is 5. The van der Waals surface area contributed by atoms with Gasteiger partial charge < -0.3 is 35.5 Å². The highest BCUT2D eigenvalue weighted by atomic mass is 16.5. The van der Waals surface area contributed by atoms with Crippen molar-refractivity contribution in [3.8, 4) is 5.88 Å². The van der Waals surface area contributed by atoms with Crippen molar-refractivity contribution in [1.82, 2.24) is 14.9 Å². The normalized spacial score (nSPS) is 17.5. The Morgan fingerprint density at radius 1 is 1.17 bits per heavy atom. The van der Waals surface area contributed by atoms with Crippen molar-refractivity contribution in [3.63, 3.8) is 0 Å². The van der Waals surface area contributed by atoms with Gasteiger partial charge in [-0.3, -0.25) is 9.59 Å². The largest absolute Gasteiger partial charge is 0.474 e. The summed E-state index contributed by atoms with van der Waals surface area (Å²) < 4.78 is 5.59.